The van der Waals surface area contributed by atoms with Crippen LogP contribution in [0.4, 0.5) is 0 Å². The van der Waals surface area contributed by atoms with Gasteiger partial charge in [-0.1, -0.05) is 36.4 Å². The summed E-state index contributed by atoms with van der Waals surface area (Å²) in [6.07, 6.45) is 2.19. The van der Waals surface area contributed by atoms with Gasteiger partial charge in [0.2, 0.25) is 0 Å². The van der Waals surface area contributed by atoms with Crippen LogP contribution in [0.1, 0.15) is 33.6 Å². The van der Waals surface area contributed by atoms with Crippen molar-refractivity contribution in [2.75, 3.05) is 18.9 Å². The molecule has 0 radical (unpaired) electrons. The van der Waals surface area contributed by atoms with E-state index in [0.29, 0.717) is 23.4 Å². The molecule has 3 rings (SSSR count). The second kappa shape index (κ2) is 8.83. The van der Waals surface area contributed by atoms with Crippen LogP contribution in [0.5, 0.6) is 0 Å². The maximum atomic E-state index is 12.3. The molecule has 2 aromatic carbocycles. The molecular formula is C20H21NO3S. The molecule has 2 aromatic rings. The van der Waals surface area contributed by atoms with Crippen molar-refractivity contribution in [3.63, 3.8) is 0 Å². The van der Waals surface area contributed by atoms with Crippen molar-refractivity contribution >= 4 is 23.5 Å². The van der Waals surface area contributed by atoms with Crippen LogP contribution in [-0.4, -0.2) is 36.7 Å². The molecule has 4 nitrogen and oxygen atoms in total. The molecule has 5 heteroatoms. The first kappa shape index (κ1) is 17.7. The maximum absolute atomic E-state index is 12.3. The van der Waals surface area contributed by atoms with Crippen LogP contribution >= 0.6 is 11.8 Å². The second-order valence-corrected chi connectivity index (χ2v) is 7.00. The van der Waals surface area contributed by atoms with Crippen LogP contribution in [0.25, 0.3) is 0 Å². The largest absolute Gasteiger partial charge is 0.376 e. The molecular weight excluding hydrogens is 334 g/mol. The van der Waals surface area contributed by atoms with Crippen LogP contribution in [0.15, 0.2) is 59.5 Å². The van der Waals surface area contributed by atoms with Gasteiger partial charge in [0, 0.05) is 29.2 Å². The Kier molecular flexibility index (Phi) is 6.25. The third kappa shape index (κ3) is 5.18. The van der Waals surface area contributed by atoms with Crippen molar-refractivity contribution in [1.29, 1.82) is 0 Å². The van der Waals surface area contributed by atoms with E-state index in [2.05, 4.69) is 5.32 Å². The number of hydrogen-bond acceptors (Lipinski definition) is 4. The Bertz CT molecular complexity index is 727. The summed E-state index contributed by atoms with van der Waals surface area (Å²) in [5, 5.41) is 2.92. The molecule has 1 aliphatic rings. The SMILES string of the molecule is O=C(CSc1cccc(C(=O)NCC2CCCO2)c1)c1ccccc1. The van der Waals surface area contributed by atoms with Crippen molar-refractivity contribution in [2.45, 2.75) is 23.8 Å². The first-order chi connectivity index (χ1) is 12.2. The van der Waals surface area contributed by atoms with E-state index in [-0.39, 0.29) is 17.8 Å². The van der Waals surface area contributed by atoms with E-state index in [1.165, 1.54) is 11.8 Å². The summed E-state index contributed by atoms with van der Waals surface area (Å²) in [6, 6.07) is 16.6. The number of nitrogens with one attached hydrogen (secondary N) is 1. The number of benzene rings is 2. The number of hydrogen-bond donors (Lipinski definition) is 1. The van der Waals surface area contributed by atoms with Gasteiger partial charge in [-0.2, -0.15) is 0 Å². The monoisotopic (exact) mass is 355 g/mol. The van der Waals surface area contributed by atoms with Gasteiger partial charge in [-0.3, -0.25) is 9.59 Å². The topological polar surface area (TPSA) is 55.4 Å². The summed E-state index contributed by atoms with van der Waals surface area (Å²) in [6.45, 7) is 1.32. The Hall–Kier alpha value is -2.11. The average Bonchev–Trinajstić information content (AvgIpc) is 3.19. The van der Waals surface area contributed by atoms with Crippen LogP contribution in [0.3, 0.4) is 0 Å². The summed E-state index contributed by atoms with van der Waals surface area (Å²) in [4.78, 5) is 25.4. The summed E-state index contributed by atoms with van der Waals surface area (Å²) >= 11 is 1.44. The molecule has 0 saturated carbocycles. The highest BCUT2D eigenvalue weighted by atomic mass is 32.2. The van der Waals surface area contributed by atoms with E-state index in [0.717, 1.165) is 24.3 Å². The molecule has 1 unspecified atom stereocenters. The fourth-order valence-electron chi connectivity index (χ4n) is 2.70. The molecule has 1 aliphatic heterocycles. The number of rotatable bonds is 7. The van der Waals surface area contributed by atoms with Crippen molar-refractivity contribution in [1.82, 2.24) is 5.32 Å². The lowest BCUT2D eigenvalue weighted by Gasteiger charge is -2.11. The maximum Gasteiger partial charge on any atom is 0.251 e. The minimum atomic E-state index is -0.104. The van der Waals surface area contributed by atoms with Crippen LogP contribution < -0.4 is 5.32 Å². The average molecular weight is 355 g/mol. The molecule has 130 valence electrons. The lowest BCUT2D eigenvalue weighted by Crippen LogP contribution is -2.31. The molecule has 0 aromatic heterocycles. The lowest BCUT2D eigenvalue weighted by atomic mass is 10.2. The summed E-state index contributed by atoms with van der Waals surface area (Å²) < 4.78 is 5.51. The zero-order valence-electron chi connectivity index (χ0n) is 13.9. The number of ketones is 1. The zero-order valence-corrected chi connectivity index (χ0v) is 14.8. The predicted octanol–water partition coefficient (Wildman–Crippen LogP) is 3.57. The molecule has 1 amide bonds. The molecule has 25 heavy (non-hydrogen) atoms. The molecule has 0 aliphatic carbocycles. The van der Waals surface area contributed by atoms with Gasteiger partial charge in [0.25, 0.3) is 5.91 Å². The van der Waals surface area contributed by atoms with Crippen LogP contribution in [0.2, 0.25) is 0 Å². The number of amides is 1. The van der Waals surface area contributed by atoms with Gasteiger partial charge in [0.15, 0.2) is 5.78 Å². The second-order valence-electron chi connectivity index (χ2n) is 5.95. The minimum Gasteiger partial charge on any atom is -0.376 e. The molecule has 0 bridgehead atoms. The van der Waals surface area contributed by atoms with E-state index < -0.39 is 0 Å². The van der Waals surface area contributed by atoms with Crippen molar-refractivity contribution in [2.24, 2.45) is 0 Å². The highest BCUT2D eigenvalue weighted by molar-refractivity contribution is 8.00. The van der Waals surface area contributed by atoms with Crippen LogP contribution in [0, 0.1) is 0 Å². The normalized spacial score (nSPS) is 16.6. The summed E-state index contributed by atoms with van der Waals surface area (Å²) in [7, 11) is 0. The third-order valence-electron chi connectivity index (χ3n) is 4.08. The standard InChI is InChI=1S/C20H21NO3S/c22-19(15-6-2-1-3-7-15)14-25-18-10-4-8-16(12-18)20(23)21-13-17-9-5-11-24-17/h1-4,6-8,10,12,17H,5,9,11,13-14H2,(H,21,23). The van der Waals surface area contributed by atoms with Gasteiger partial charge >= 0.3 is 0 Å². The van der Waals surface area contributed by atoms with Gasteiger partial charge < -0.3 is 10.1 Å². The highest BCUT2D eigenvalue weighted by Crippen LogP contribution is 2.21. The fraction of sp³-hybridized carbons (Fsp3) is 0.300. The molecule has 1 saturated heterocycles. The number of carbonyl (C=O) groups excluding carboxylic acids is 2. The molecule has 0 spiro atoms. The molecule has 1 N–H and O–H groups in total. The van der Waals surface area contributed by atoms with Crippen molar-refractivity contribution in [3.8, 4) is 0 Å². The summed E-state index contributed by atoms with van der Waals surface area (Å²) in [5.74, 6) is 0.330. The van der Waals surface area contributed by atoms with Gasteiger partial charge in [-0.25, -0.2) is 0 Å². The van der Waals surface area contributed by atoms with E-state index in [1.54, 1.807) is 6.07 Å². The number of thioether (sulfide) groups is 1. The minimum absolute atomic E-state index is 0.0823. The van der Waals surface area contributed by atoms with Gasteiger partial charge in [-0.05, 0) is 31.0 Å². The van der Waals surface area contributed by atoms with E-state index in [9.17, 15) is 9.59 Å². The van der Waals surface area contributed by atoms with E-state index in [4.69, 9.17) is 4.74 Å². The first-order valence-corrected chi connectivity index (χ1v) is 9.42. The molecule has 1 atom stereocenters. The number of Topliss-reactive ketones (excluding diaryl/α,β-unsaturated/α-hetero) is 1. The fourth-order valence-corrected chi connectivity index (χ4v) is 3.55. The predicted molar refractivity (Wildman–Crippen MR) is 99.2 cm³/mol. The highest BCUT2D eigenvalue weighted by Gasteiger charge is 2.16. The zero-order chi connectivity index (χ0) is 17.5. The quantitative estimate of drug-likeness (QED) is 0.609. The van der Waals surface area contributed by atoms with Gasteiger partial charge in [0.05, 0.1) is 11.9 Å². The first-order valence-electron chi connectivity index (χ1n) is 8.43. The van der Waals surface area contributed by atoms with Gasteiger partial charge in [-0.15, -0.1) is 11.8 Å². The van der Waals surface area contributed by atoms with Crippen LogP contribution in [-0.2, 0) is 4.74 Å². The van der Waals surface area contributed by atoms with Crippen molar-refractivity contribution in [3.05, 3.63) is 65.7 Å². The Balaban J connectivity index is 1.53. The summed E-state index contributed by atoms with van der Waals surface area (Å²) in [5.41, 5.74) is 1.32. The van der Waals surface area contributed by atoms with Crippen molar-refractivity contribution < 1.29 is 14.3 Å². The Morgan fingerprint density at radius 1 is 1.08 bits per heavy atom. The Morgan fingerprint density at radius 2 is 1.88 bits per heavy atom. The molecule has 1 heterocycles. The van der Waals surface area contributed by atoms with E-state index in [1.807, 2.05) is 48.5 Å². The lowest BCUT2D eigenvalue weighted by molar-refractivity contribution is 0.0857. The smallest absolute Gasteiger partial charge is 0.251 e. The molecule has 1 fully saturated rings. The number of ether oxygens (including phenoxy) is 1. The van der Waals surface area contributed by atoms with Gasteiger partial charge in [0.1, 0.15) is 0 Å². The Labute approximate surface area is 152 Å². The Morgan fingerprint density at radius 3 is 2.64 bits per heavy atom. The number of carbonyl (C=O) groups is 2. The third-order valence-corrected chi connectivity index (χ3v) is 5.07. The van der Waals surface area contributed by atoms with E-state index >= 15 is 0 Å².